The number of rotatable bonds is 5. The summed E-state index contributed by atoms with van der Waals surface area (Å²) in [5.41, 5.74) is 0.870. The summed E-state index contributed by atoms with van der Waals surface area (Å²) < 4.78 is 45.6. The van der Waals surface area contributed by atoms with Crippen LogP contribution in [-0.2, 0) is 6.18 Å². The minimum absolute atomic E-state index is 0.155. The van der Waals surface area contributed by atoms with E-state index < -0.39 is 23.9 Å². The van der Waals surface area contributed by atoms with Crippen LogP contribution in [0.25, 0.3) is 10.8 Å². The minimum Gasteiger partial charge on any atom is -0.479 e. The Labute approximate surface area is 200 Å². The van der Waals surface area contributed by atoms with Gasteiger partial charge in [0.2, 0.25) is 5.88 Å². The van der Waals surface area contributed by atoms with Crippen LogP contribution in [0, 0.1) is 6.92 Å². The van der Waals surface area contributed by atoms with Gasteiger partial charge in [-0.15, -0.1) is 10.2 Å². The fourth-order valence-electron chi connectivity index (χ4n) is 4.44. The molecule has 0 radical (unpaired) electrons. The van der Waals surface area contributed by atoms with Crippen molar-refractivity contribution in [2.45, 2.75) is 26.1 Å². The number of methoxy groups -OCH3 is 1. The Bertz CT molecular complexity index is 1240. The van der Waals surface area contributed by atoms with Crippen LogP contribution in [0.15, 0.2) is 36.4 Å². The zero-order valence-electron chi connectivity index (χ0n) is 19.6. The van der Waals surface area contributed by atoms with Gasteiger partial charge in [-0.1, -0.05) is 12.1 Å². The first-order valence-corrected chi connectivity index (χ1v) is 11.1. The second-order valence-electron chi connectivity index (χ2n) is 8.43. The van der Waals surface area contributed by atoms with Gasteiger partial charge < -0.3 is 25.0 Å². The normalized spacial score (nSPS) is 15.3. The maximum absolute atomic E-state index is 13.4. The van der Waals surface area contributed by atoms with E-state index in [2.05, 4.69) is 20.4 Å². The molecule has 0 aliphatic carbocycles. The fourth-order valence-corrected chi connectivity index (χ4v) is 4.44. The van der Waals surface area contributed by atoms with Crippen molar-refractivity contribution in [3.05, 3.63) is 53.1 Å². The molecule has 0 bridgehead atoms. The molecule has 1 aliphatic rings. The lowest BCUT2D eigenvalue weighted by molar-refractivity contribution is -0.138. The smallest absolute Gasteiger partial charge is 0.416 e. The summed E-state index contributed by atoms with van der Waals surface area (Å²) in [6.07, 6.45) is -5.38. The molecule has 1 fully saturated rings. The van der Waals surface area contributed by atoms with E-state index in [1.165, 1.54) is 25.0 Å². The highest BCUT2D eigenvalue weighted by Crippen LogP contribution is 2.37. The molecule has 0 saturated carbocycles. The number of alkyl halides is 3. The number of amides is 1. The topological polar surface area (TPSA) is 90.8 Å². The molecule has 186 valence electrons. The van der Waals surface area contributed by atoms with Crippen LogP contribution < -0.4 is 15.0 Å². The number of hydrogen-bond donors (Lipinski definition) is 2. The molecular formula is C24H26F3N5O3. The molecule has 8 nitrogen and oxygen atoms in total. The Hall–Kier alpha value is -3.76. The standard InChI is InChI=1S/C24H26F3N5O3/c1-14-17(5-4-6-20(14)24(25,26)27)15(2)28-21-19-13-16(7-8-18(19)22(35-3)30-29-21)31-9-11-32(12-10-31)23(33)34/h4-8,13,15H,9-12H2,1-3H3,(H,28,29)(H,33,34)/t15-/m1/s1. The monoisotopic (exact) mass is 489 g/mol. The molecule has 1 saturated heterocycles. The zero-order chi connectivity index (χ0) is 25.3. The number of aromatic nitrogens is 2. The van der Waals surface area contributed by atoms with E-state index in [4.69, 9.17) is 4.74 Å². The summed E-state index contributed by atoms with van der Waals surface area (Å²) in [6, 6.07) is 9.33. The third kappa shape index (κ3) is 4.89. The van der Waals surface area contributed by atoms with E-state index in [0.717, 1.165) is 11.8 Å². The van der Waals surface area contributed by atoms with E-state index in [0.29, 0.717) is 54.2 Å². The van der Waals surface area contributed by atoms with Gasteiger partial charge in [-0.3, -0.25) is 0 Å². The molecule has 1 aliphatic heterocycles. The molecule has 4 rings (SSSR count). The number of carbonyl (C=O) groups is 1. The van der Waals surface area contributed by atoms with Crippen molar-refractivity contribution in [1.82, 2.24) is 15.1 Å². The highest BCUT2D eigenvalue weighted by atomic mass is 19.4. The lowest BCUT2D eigenvalue weighted by Gasteiger charge is -2.34. The Morgan fingerprint density at radius 1 is 1.11 bits per heavy atom. The zero-order valence-corrected chi connectivity index (χ0v) is 19.6. The molecule has 2 heterocycles. The third-order valence-corrected chi connectivity index (χ3v) is 6.34. The van der Waals surface area contributed by atoms with Gasteiger partial charge in [-0.05, 0) is 49.2 Å². The molecule has 35 heavy (non-hydrogen) atoms. The number of nitrogens with one attached hydrogen (secondary N) is 1. The number of anilines is 2. The number of halogens is 3. The number of fused-ring (bicyclic) bond motifs is 1. The van der Waals surface area contributed by atoms with E-state index in [-0.39, 0.29) is 5.56 Å². The molecule has 0 spiro atoms. The third-order valence-electron chi connectivity index (χ3n) is 6.34. The van der Waals surface area contributed by atoms with Gasteiger partial charge in [0.05, 0.1) is 18.7 Å². The van der Waals surface area contributed by atoms with E-state index in [1.54, 1.807) is 13.0 Å². The van der Waals surface area contributed by atoms with Crippen molar-refractivity contribution in [1.29, 1.82) is 0 Å². The average molecular weight is 489 g/mol. The molecule has 1 atom stereocenters. The Balaban J connectivity index is 1.68. The summed E-state index contributed by atoms with van der Waals surface area (Å²) in [6.45, 7) is 5.09. The van der Waals surface area contributed by atoms with Gasteiger partial charge in [0, 0.05) is 42.6 Å². The van der Waals surface area contributed by atoms with Gasteiger partial charge in [-0.2, -0.15) is 13.2 Å². The lowest BCUT2D eigenvalue weighted by Crippen LogP contribution is -2.48. The average Bonchev–Trinajstić information content (AvgIpc) is 2.83. The molecule has 0 unspecified atom stereocenters. The Morgan fingerprint density at radius 3 is 2.46 bits per heavy atom. The lowest BCUT2D eigenvalue weighted by atomic mass is 9.97. The van der Waals surface area contributed by atoms with Crippen molar-refractivity contribution in [3.63, 3.8) is 0 Å². The molecule has 1 aromatic heterocycles. The summed E-state index contributed by atoms with van der Waals surface area (Å²) >= 11 is 0. The predicted molar refractivity (Wildman–Crippen MR) is 126 cm³/mol. The van der Waals surface area contributed by atoms with Crippen LogP contribution in [-0.4, -0.2) is 59.6 Å². The second-order valence-corrected chi connectivity index (χ2v) is 8.43. The number of ether oxygens (including phenoxy) is 1. The van der Waals surface area contributed by atoms with Crippen LogP contribution in [0.4, 0.5) is 29.5 Å². The molecule has 3 aromatic rings. The quantitative estimate of drug-likeness (QED) is 0.525. The van der Waals surface area contributed by atoms with Gasteiger partial charge in [0.25, 0.3) is 0 Å². The maximum Gasteiger partial charge on any atom is 0.416 e. The maximum atomic E-state index is 13.4. The van der Waals surface area contributed by atoms with Crippen LogP contribution in [0.5, 0.6) is 5.88 Å². The molecule has 2 aromatic carbocycles. The Morgan fingerprint density at radius 2 is 1.83 bits per heavy atom. The van der Waals surface area contributed by atoms with E-state index in [9.17, 15) is 23.1 Å². The molecular weight excluding hydrogens is 463 g/mol. The second kappa shape index (κ2) is 9.47. The van der Waals surface area contributed by atoms with Gasteiger partial charge in [0.15, 0.2) is 5.82 Å². The largest absolute Gasteiger partial charge is 0.479 e. The first kappa shape index (κ1) is 24.4. The van der Waals surface area contributed by atoms with E-state index in [1.807, 2.05) is 18.2 Å². The summed E-state index contributed by atoms with van der Waals surface area (Å²) in [5.74, 6) is 0.742. The number of hydrogen-bond acceptors (Lipinski definition) is 6. The van der Waals surface area contributed by atoms with E-state index >= 15 is 0 Å². The fraction of sp³-hybridized carbons (Fsp3) is 0.375. The first-order chi connectivity index (χ1) is 16.6. The number of benzene rings is 2. The Kier molecular flexibility index (Phi) is 6.60. The van der Waals surface area contributed by atoms with Crippen LogP contribution in [0.3, 0.4) is 0 Å². The predicted octanol–water partition coefficient (Wildman–Crippen LogP) is 4.94. The highest BCUT2D eigenvalue weighted by Gasteiger charge is 2.33. The van der Waals surface area contributed by atoms with Crippen LogP contribution >= 0.6 is 0 Å². The summed E-state index contributed by atoms with van der Waals surface area (Å²) in [7, 11) is 1.49. The number of carboxylic acid groups (broad SMARTS) is 1. The van der Waals surface area contributed by atoms with Crippen molar-refractivity contribution in [3.8, 4) is 5.88 Å². The summed E-state index contributed by atoms with van der Waals surface area (Å²) in [4.78, 5) is 14.7. The van der Waals surface area contributed by atoms with Crippen molar-refractivity contribution >= 4 is 28.4 Å². The summed E-state index contributed by atoms with van der Waals surface area (Å²) in [5, 5.41) is 22.2. The SMILES string of the molecule is COc1nnc(N[C@H](C)c2cccc(C(F)(F)F)c2C)c2cc(N3CCN(C(=O)O)CC3)ccc12. The molecule has 11 heteroatoms. The first-order valence-electron chi connectivity index (χ1n) is 11.1. The van der Waals surface area contributed by atoms with Crippen LogP contribution in [0.1, 0.15) is 29.7 Å². The van der Waals surface area contributed by atoms with Gasteiger partial charge in [0.1, 0.15) is 0 Å². The highest BCUT2D eigenvalue weighted by molar-refractivity contribution is 5.97. The van der Waals surface area contributed by atoms with Crippen molar-refractivity contribution in [2.75, 3.05) is 43.5 Å². The molecule has 1 amide bonds. The van der Waals surface area contributed by atoms with Crippen LogP contribution in [0.2, 0.25) is 0 Å². The number of piperazine rings is 1. The van der Waals surface area contributed by atoms with Gasteiger partial charge >= 0.3 is 12.3 Å². The number of nitrogens with zero attached hydrogens (tertiary/aromatic N) is 4. The molecule has 2 N–H and O–H groups in total. The minimum atomic E-state index is -4.44. The van der Waals surface area contributed by atoms with Crippen molar-refractivity contribution < 1.29 is 27.8 Å². The van der Waals surface area contributed by atoms with Gasteiger partial charge in [-0.25, -0.2) is 4.79 Å². The van der Waals surface area contributed by atoms with Crippen molar-refractivity contribution in [2.24, 2.45) is 0 Å².